The molecule has 2 saturated heterocycles. The third-order valence-electron chi connectivity index (χ3n) is 5.31. The monoisotopic (exact) mass is 344 g/mol. The van der Waals surface area contributed by atoms with Gasteiger partial charge in [-0.25, -0.2) is 4.79 Å². The number of likely N-dealkylation sites (tertiary alicyclic amines) is 1. The van der Waals surface area contributed by atoms with E-state index in [1.807, 2.05) is 6.07 Å². The molecule has 2 aliphatic heterocycles. The van der Waals surface area contributed by atoms with Crippen LogP contribution in [-0.4, -0.2) is 71.9 Å². The second-order valence-corrected chi connectivity index (χ2v) is 7.21. The maximum atomic E-state index is 12.4. The van der Waals surface area contributed by atoms with Gasteiger partial charge in [-0.15, -0.1) is 0 Å². The van der Waals surface area contributed by atoms with Gasteiger partial charge in [0, 0.05) is 45.3 Å². The van der Waals surface area contributed by atoms with Crippen molar-refractivity contribution in [3.63, 3.8) is 0 Å². The lowest BCUT2D eigenvalue weighted by Gasteiger charge is -2.39. The SMILES string of the molecule is C[C@@H]1C[C@H](NC(=O)N2CCN(C)C(=O)C2)CCN1Cc1ccccc1. The van der Waals surface area contributed by atoms with Crippen LogP contribution in [0.3, 0.4) is 0 Å². The molecule has 3 rings (SSSR count). The van der Waals surface area contributed by atoms with Crippen LogP contribution in [0.1, 0.15) is 25.3 Å². The molecule has 2 heterocycles. The number of rotatable bonds is 3. The van der Waals surface area contributed by atoms with Crippen molar-refractivity contribution in [3.05, 3.63) is 35.9 Å². The fourth-order valence-corrected chi connectivity index (χ4v) is 3.60. The quantitative estimate of drug-likeness (QED) is 0.905. The second kappa shape index (κ2) is 7.87. The number of likely N-dealkylation sites (N-methyl/N-ethyl adjacent to an activating group) is 1. The third kappa shape index (κ3) is 4.51. The van der Waals surface area contributed by atoms with Crippen molar-refractivity contribution < 1.29 is 9.59 Å². The maximum absolute atomic E-state index is 12.4. The maximum Gasteiger partial charge on any atom is 0.318 e. The van der Waals surface area contributed by atoms with Crippen LogP contribution >= 0.6 is 0 Å². The smallest absolute Gasteiger partial charge is 0.318 e. The lowest BCUT2D eigenvalue weighted by atomic mass is 9.97. The Balaban J connectivity index is 1.48. The molecule has 0 saturated carbocycles. The van der Waals surface area contributed by atoms with Crippen molar-refractivity contribution in [1.29, 1.82) is 0 Å². The van der Waals surface area contributed by atoms with E-state index in [2.05, 4.69) is 41.4 Å². The first-order valence-electron chi connectivity index (χ1n) is 9.10. The summed E-state index contributed by atoms with van der Waals surface area (Å²) in [6, 6.07) is 11.0. The molecule has 0 bridgehead atoms. The number of piperazine rings is 1. The number of hydrogen-bond donors (Lipinski definition) is 1. The highest BCUT2D eigenvalue weighted by molar-refractivity contribution is 5.85. The Morgan fingerprint density at radius 1 is 1.20 bits per heavy atom. The summed E-state index contributed by atoms with van der Waals surface area (Å²) >= 11 is 0. The van der Waals surface area contributed by atoms with Crippen LogP contribution in [0.25, 0.3) is 0 Å². The van der Waals surface area contributed by atoms with Crippen LogP contribution in [0.4, 0.5) is 4.79 Å². The molecule has 1 aromatic carbocycles. The van der Waals surface area contributed by atoms with Crippen LogP contribution in [-0.2, 0) is 11.3 Å². The molecule has 0 radical (unpaired) electrons. The lowest BCUT2D eigenvalue weighted by molar-refractivity contribution is -0.133. The van der Waals surface area contributed by atoms with Crippen molar-refractivity contribution >= 4 is 11.9 Å². The van der Waals surface area contributed by atoms with E-state index < -0.39 is 0 Å². The largest absolute Gasteiger partial charge is 0.342 e. The first-order chi connectivity index (χ1) is 12.0. The van der Waals surface area contributed by atoms with Gasteiger partial charge in [-0.05, 0) is 25.3 Å². The Kier molecular flexibility index (Phi) is 5.58. The normalized spacial score (nSPS) is 25.1. The molecular weight excluding hydrogens is 316 g/mol. The van der Waals surface area contributed by atoms with Gasteiger partial charge < -0.3 is 15.1 Å². The molecule has 0 unspecified atom stereocenters. The van der Waals surface area contributed by atoms with Gasteiger partial charge in [-0.1, -0.05) is 30.3 Å². The van der Waals surface area contributed by atoms with Gasteiger partial charge in [0.1, 0.15) is 6.54 Å². The van der Waals surface area contributed by atoms with Crippen molar-refractivity contribution in [2.45, 2.75) is 38.4 Å². The van der Waals surface area contributed by atoms with Gasteiger partial charge in [-0.3, -0.25) is 9.69 Å². The minimum Gasteiger partial charge on any atom is -0.342 e. The summed E-state index contributed by atoms with van der Waals surface area (Å²) in [4.78, 5) is 30.0. The van der Waals surface area contributed by atoms with Crippen LogP contribution in [0.2, 0.25) is 0 Å². The third-order valence-corrected chi connectivity index (χ3v) is 5.31. The summed E-state index contributed by atoms with van der Waals surface area (Å²) in [6.07, 6.45) is 1.89. The number of nitrogens with one attached hydrogen (secondary N) is 1. The minimum atomic E-state index is -0.102. The predicted molar refractivity (Wildman–Crippen MR) is 97.1 cm³/mol. The average Bonchev–Trinajstić information content (AvgIpc) is 2.60. The zero-order valence-corrected chi connectivity index (χ0v) is 15.1. The molecule has 2 fully saturated rings. The molecule has 2 atom stereocenters. The van der Waals surface area contributed by atoms with Crippen LogP contribution < -0.4 is 5.32 Å². The minimum absolute atomic E-state index is 0.00690. The van der Waals surface area contributed by atoms with E-state index in [1.165, 1.54) is 5.56 Å². The van der Waals surface area contributed by atoms with Crippen LogP contribution in [0, 0.1) is 0 Å². The number of carbonyl (C=O) groups is 2. The molecule has 6 nitrogen and oxygen atoms in total. The highest BCUT2D eigenvalue weighted by Gasteiger charge is 2.30. The van der Waals surface area contributed by atoms with E-state index in [1.54, 1.807) is 16.8 Å². The summed E-state index contributed by atoms with van der Waals surface area (Å²) in [5.41, 5.74) is 1.33. The molecule has 3 amide bonds. The number of nitrogens with zero attached hydrogens (tertiary/aromatic N) is 3. The van der Waals surface area contributed by atoms with Gasteiger partial charge in [0.15, 0.2) is 0 Å². The van der Waals surface area contributed by atoms with Gasteiger partial charge in [0.2, 0.25) is 5.91 Å². The fourth-order valence-electron chi connectivity index (χ4n) is 3.60. The highest BCUT2D eigenvalue weighted by Crippen LogP contribution is 2.20. The number of amides is 3. The Bertz CT molecular complexity index is 607. The summed E-state index contributed by atoms with van der Waals surface area (Å²) in [5, 5.41) is 3.13. The molecule has 1 N–H and O–H groups in total. The van der Waals surface area contributed by atoms with Crippen molar-refractivity contribution in [2.75, 3.05) is 33.2 Å². The molecule has 2 aliphatic rings. The van der Waals surface area contributed by atoms with E-state index in [4.69, 9.17) is 0 Å². The number of hydrogen-bond acceptors (Lipinski definition) is 3. The molecule has 25 heavy (non-hydrogen) atoms. The zero-order chi connectivity index (χ0) is 17.8. The summed E-state index contributed by atoms with van der Waals surface area (Å²) < 4.78 is 0. The number of piperidine rings is 1. The van der Waals surface area contributed by atoms with E-state index in [-0.39, 0.29) is 24.5 Å². The summed E-state index contributed by atoms with van der Waals surface area (Å²) in [5.74, 6) is 0.00690. The molecule has 136 valence electrons. The van der Waals surface area contributed by atoms with E-state index in [9.17, 15) is 9.59 Å². The number of benzene rings is 1. The molecular formula is C19H28N4O2. The highest BCUT2D eigenvalue weighted by atomic mass is 16.2. The topological polar surface area (TPSA) is 55.9 Å². The Morgan fingerprint density at radius 3 is 2.64 bits per heavy atom. The average molecular weight is 344 g/mol. The zero-order valence-electron chi connectivity index (χ0n) is 15.1. The number of carbonyl (C=O) groups excluding carboxylic acids is 2. The molecule has 6 heteroatoms. The van der Waals surface area contributed by atoms with Crippen LogP contribution in [0.5, 0.6) is 0 Å². The summed E-state index contributed by atoms with van der Waals surface area (Å²) in [6.45, 7) is 5.55. The van der Waals surface area contributed by atoms with E-state index in [0.29, 0.717) is 19.1 Å². The van der Waals surface area contributed by atoms with Crippen LogP contribution in [0.15, 0.2) is 30.3 Å². The van der Waals surface area contributed by atoms with Gasteiger partial charge in [0.05, 0.1) is 0 Å². The summed E-state index contributed by atoms with van der Waals surface area (Å²) in [7, 11) is 1.78. The van der Waals surface area contributed by atoms with E-state index >= 15 is 0 Å². The fraction of sp³-hybridized carbons (Fsp3) is 0.579. The van der Waals surface area contributed by atoms with Gasteiger partial charge in [0.25, 0.3) is 0 Å². The predicted octanol–water partition coefficient (Wildman–Crippen LogP) is 1.52. The molecule has 0 spiro atoms. The first-order valence-corrected chi connectivity index (χ1v) is 9.10. The second-order valence-electron chi connectivity index (χ2n) is 7.21. The Hall–Kier alpha value is -2.08. The number of urea groups is 1. The van der Waals surface area contributed by atoms with Crippen molar-refractivity contribution in [1.82, 2.24) is 20.0 Å². The van der Waals surface area contributed by atoms with Crippen molar-refractivity contribution in [2.24, 2.45) is 0 Å². The Morgan fingerprint density at radius 2 is 1.96 bits per heavy atom. The van der Waals surface area contributed by atoms with E-state index in [0.717, 1.165) is 25.9 Å². The lowest BCUT2D eigenvalue weighted by Crippen LogP contribution is -2.56. The Labute approximate surface area is 149 Å². The van der Waals surface area contributed by atoms with Crippen molar-refractivity contribution in [3.8, 4) is 0 Å². The standard InChI is InChI=1S/C19H28N4O2/c1-15-12-17(8-9-22(15)13-16-6-4-3-5-7-16)20-19(25)23-11-10-21(2)18(24)14-23/h3-7,15,17H,8-14H2,1-2H3,(H,20,25)/t15-,17-/m1/s1. The first kappa shape index (κ1) is 17.7. The molecule has 1 aromatic rings. The van der Waals surface area contributed by atoms with Gasteiger partial charge in [-0.2, -0.15) is 0 Å². The van der Waals surface area contributed by atoms with Gasteiger partial charge >= 0.3 is 6.03 Å². The molecule has 0 aliphatic carbocycles. The molecule has 0 aromatic heterocycles.